The first-order chi connectivity index (χ1) is 17.0. The van der Waals surface area contributed by atoms with Crippen LogP contribution in [0.3, 0.4) is 0 Å². The molecule has 0 heterocycles. The zero-order valence-corrected chi connectivity index (χ0v) is 22.8. The molecule has 2 N–H and O–H groups in total. The van der Waals surface area contributed by atoms with Crippen molar-refractivity contribution in [1.29, 1.82) is 0 Å². The number of hydrogen-bond donors (Lipinski definition) is 2. The Labute approximate surface area is 216 Å². The van der Waals surface area contributed by atoms with Crippen molar-refractivity contribution in [2.24, 2.45) is 5.92 Å². The number of ether oxygens (including phenoxy) is 1. The molecule has 1 atom stereocenters. The minimum atomic E-state index is -0.891. The van der Waals surface area contributed by atoms with E-state index in [1.54, 1.807) is 6.92 Å². The number of aliphatic hydroxyl groups excluding tert-OH is 1. The quantitative estimate of drug-likeness (QED) is 0.224. The lowest BCUT2D eigenvalue weighted by Crippen LogP contribution is -2.38. The highest BCUT2D eigenvalue weighted by Crippen LogP contribution is 2.36. The van der Waals surface area contributed by atoms with E-state index in [9.17, 15) is 14.7 Å². The number of nitrogens with zero attached hydrogens (tertiary/aromatic N) is 1. The molecule has 0 bridgehead atoms. The first-order valence-electron chi connectivity index (χ1n) is 12.6. The van der Waals surface area contributed by atoms with Gasteiger partial charge in [0.25, 0.3) is 0 Å². The Hall–Kier alpha value is -2.96. The highest BCUT2D eigenvalue weighted by molar-refractivity contribution is 5.79. The van der Waals surface area contributed by atoms with Crippen LogP contribution in [0.4, 0.5) is 0 Å². The number of carboxylic acid groups (broad SMARTS) is 1. The summed E-state index contributed by atoms with van der Waals surface area (Å²) in [4.78, 5) is 24.3. The first kappa shape index (κ1) is 31.1. The Kier molecular flexibility index (Phi) is 13.7. The van der Waals surface area contributed by atoms with E-state index in [1.807, 2.05) is 50.2 Å². The summed E-state index contributed by atoms with van der Waals surface area (Å²) in [5.41, 5.74) is 2.95. The average molecular weight is 498 g/mol. The van der Waals surface area contributed by atoms with Crippen LogP contribution in [0.25, 0.3) is 0 Å². The average Bonchev–Trinajstić information content (AvgIpc) is 2.82. The van der Waals surface area contributed by atoms with Crippen molar-refractivity contribution in [2.45, 2.75) is 79.5 Å². The Morgan fingerprint density at radius 1 is 0.972 bits per heavy atom. The maximum atomic E-state index is 12.3. The second-order valence-electron chi connectivity index (χ2n) is 9.62. The molecule has 0 amide bonds. The maximum Gasteiger partial charge on any atom is 0.327 e. The van der Waals surface area contributed by atoms with Gasteiger partial charge in [-0.1, -0.05) is 56.3 Å². The summed E-state index contributed by atoms with van der Waals surface area (Å²) in [5, 5.41) is 17.5. The fraction of sp³-hybridized carbons (Fsp3) is 0.467. The molecule has 0 fully saturated rings. The van der Waals surface area contributed by atoms with Gasteiger partial charge in [0.1, 0.15) is 5.75 Å². The van der Waals surface area contributed by atoms with E-state index < -0.39 is 5.97 Å². The van der Waals surface area contributed by atoms with Crippen LogP contribution in [-0.2, 0) is 16.2 Å². The molecule has 0 aliphatic heterocycles. The van der Waals surface area contributed by atoms with Gasteiger partial charge in [0.05, 0.1) is 12.5 Å². The van der Waals surface area contributed by atoms with Crippen molar-refractivity contribution in [3.8, 4) is 5.75 Å². The normalized spacial score (nSPS) is 12.2. The Bertz CT molecular complexity index is 959. The van der Waals surface area contributed by atoms with Gasteiger partial charge < -0.3 is 14.9 Å². The summed E-state index contributed by atoms with van der Waals surface area (Å²) in [7, 11) is 0. The number of aliphatic carboxylic acids is 1. The molecule has 0 radical (unpaired) electrons. The van der Waals surface area contributed by atoms with Gasteiger partial charge >= 0.3 is 11.9 Å². The van der Waals surface area contributed by atoms with E-state index in [0.29, 0.717) is 17.8 Å². The van der Waals surface area contributed by atoms with Gasteiger partial charge in [-0.25, -0.2) is 4.79 Å². The second kappa shape index (κ2) is 15.9. The van der Waals surface area contributed by atoms with E-state index >= 15 is 0 Å². The molecule has 36 heavy (non-hydrogen) atoms. The van der Waals surface area contributed by atoms with Crippen LogP contribution in [0.1, 0.15) is 77.5 Å². The van der Waals surface area contributed by atoms with Crippen LogP contribution >= 0.6 is 0 Å². The predicted octanol–water partition coefficient (Wildman–Crippen LogP) is 6.03. The predicted molar refractivity (Wildman–Crippen MR) is 145 cm³/mol. The smallest absolute Gasteiger partial charge is 0.327 e. The van der Waals surface area contributed by atoms with E-state index in [4.69, 9.17) is 9.84 Å². The Morgan fingerprint density at radius 2 is 1.58 bits per heavy atom. The molecule has 0 saturated heterocycles. The molecule has 2 aromatic rings. The molecule has 0 spiro atoms. The van der Waals surface area contributed by atoms with Crippen LogP contribution in [0.5, 0.6) is 5.75 Å². The third kappa shape index (κ3) is 10.3. The zero-order chi connectivity index (χ0) is 27.3. The largest absolute Gasteiger partial charge is 0.478 e. The van der Waals surface area contributed by atoms with Crippen LogP contribution < -0.4 is 4.74 Å². The van der Waals surface area contributed by atoms with Gasteiger partial charge in [0, 0.05) is 29.6 Å². The molecular weight excluding hydrogens is 454 g/mol. The van der Waals surface area contributed by atoms with Crippen molar-refractivity contribution >= 4 is 11.9 Å². The maximum absolute atomic E-state index is 12.3. The fourth-order valence-corrected chi connectivity index (χ4v) is 4.01. The standard InChI is InChI=1S/C26H37NO3.C4H6O2/c1-18(2)26(29)30-25-13-12-21(17-28)16-24(25)23(22-10-8-7-9-11-22)14-15-27(19(3)4)20(5)6;1-2-3-4(5)6/h7-13,16,18-20,23,28H,14-15,17H2,1-6H3;2-3H,1H3,(H,5,6)/b;3-2+. The highest BCUT2D eigenvalue weighted by atomic mass is 16.5. The third-order valence-corrected chi connectivity index (χ3v) is 5.83. The molecule has 0 aliphatic rings. The highest BCUT2D eigenvalue weighted by Gasteiger charge is 2.23. The van der Waals surface area contributed by atoms with E-state index in [0.717, 1.165) is 30.2 Å². The lowest BCUT2D eigenvalue weighted by Gasteiger charge is -2.32. The zero-order valence-electron chi connectivity index (χ0n) is 22.8. The number of carbonyl (C=O) groups is 2. The summed E-state index contributed by atoms with van der Waals surface area (Å²) in [6.45, 7) is 15.1. The van der Waals surface area contributed by atoms with Crippen molar-refractivity contribution in [2.75, 3.05) is 6.54 Å². The number of esters is 1. The van der Waals surface area contributed by atoms with Crippen molar-refractivity contribution in [3.63, 3.8) is 0 Å². The summed E-state index contributed by atoms with van der Waals surface area (Å²) in [5.74, 6) is -0.695. The molecule has 0 aromatic heterocycles. The number of rotatable bonds is 11. The molecule has 2 aromatic carbocycles. The van der Waals surface area contributed by atoms with Crippen molar-refractivity contribution in [1.82, 2.24) is 4.90 Å². The molecule has 0 saturated carbocycles. The molecule has 6 nitrogen and oxygen atoms in total. The number of carboxylic acids is 1. The number of carbonyl (C=O) groups excluding carboxylic acids is 1. The minimum Gasteiger partial charge on any atom is -0.478 e. The lowest BCUT2D eigenvalue weighted by atomic mass is 9.86. The summed E-state index contributed by atoms with van der Waals surface area (Å²) in [6, 6.07) is 16.9. The summed E-state index contributed by atoms with van der Waals surface area (Å²) < 4.78 is 5.78. The van der Waals surface area contributed by atoms with Crippen LogP contribution in [0, 0.1) is 5.92 Å². The van der Waals surface area contributed by atoms with E-state index in [1.165, 1.54) is 11.6 Å². The van der Waals surface area contributed by atoms with Gasteiger partial charge in [-0.2, -0.15) is 0 Å². The van der Waals surface area contributed by atoms with E-state index in [-0.39, 0.29) is 24.4 Å². The molecular formula is C30H43NO5. The molecule has 0 aliphatic carbocycles. The van der Waals surface area contributed by atoms with Gasteiger partial charge in [0.2, 0.25) is 0 Å². The van der Waals surface area contributed by atoms with E-state index in [2.05, 4.69) is 44.7 Å². The van der Waals surface area contributed by atoms with Gasteiger partial charge in [-0.3, -0.25) is 9.69 Å². The fourth-order valence-electron chi connectivity index (χ4n) is 4.01. The van der Waals surface area contributed by atoms with Gasteiger partial charge in [-0.05, 0) is 70.8 Å². The summed E-state index contributed by atoms with van der Waals surface area (Å²) in [6.07, 6.45) is 3.45. The van der Waals surface area contributed by atoms with Gasteiger partial charge in [0.15, 0.2) is 0 Å². The second-order valence-corrected chi connectivity index (χ2v) is 9.62. The number of aliphatic hydroxyl groups is 1. The third-order valence-electron chi connectivity index (χ3n) is 5.83. The Morgan fingerprint density at radius 3 is 2.03 bits per heavy atom. The van der Waals surface area contributed by atoms with Crippen molar-refractivity contribution < 1.29 is 24.5 Å². The van der Waals surface area contributed by atoms with Crippen LogP contribution in [0.2, 0.25) is 0 Å². The van der Waals surface area contributed by atoms with Gasteiger partial charge in [-0.15, -0.1) is 0 Å². The van der Waals surface area contributed by atoms with Crippen LogP contribution in [-0.4, -0.2) is 45.7 Å². The SMILES string of the molecule is C/C=C/C(=O)O.CC(C)C(=O)Oc1ccc(CO)cc1C(CCN(C(C)C)C(C)C)c1ccccc1. The first-order valence-corrected chi connectivity index (χ1v) is 12.6. The number of allylic oxidation sites excluding steroid dienone is 1. The molecule has 198 valence electrons. The van der Waals surface area contributed by atoms with Crippen LogP contribution in [0.15, 0.2) is 60.7 Å². The summed E-state index contributed by atoms with van der Waals surface area (Å²) >= 11 is 0. The minimum absolute atomic E-state index is 0.0446. The molecule has 6 heteroatoms. The Balaban J connectivity index is 0.000000960. The number of benzene rings is 2. The molecule has 1 unspecified atom stereocenters. The molecule has 2 rings (SSSR count). The topological polar surface area (TPSA) is 87.1 Å². The number of hydrogen-bond acceptors (Lipinski definition) is 5. The van der Waals surface area contributed by atoms with Crippen molar-refractivity contribution in [3.05, 3.63) is 77.4 Å². The lowest BCUT2D eigenvalue weighted by molar-refractivity contribution is -0.137. The monoisotopic (exact) mass is 497 g/mol.